The molecule has 4 N–H and O–H groups in total. The molecule has 4 aromatic carbocycles. The van der Waals surface area contributed by atoms with Gasteiger partial charge in [0.2, 0.25) is 0 Å². The van der Waals surface area contributed by atoms with Crippen molar-refractivity contribution in [3.8, 4) is 11.5 Å². The van der Waals surface area contributed by atoms with Crippen LogP contribution in [-0.2, 0) is 9.59 Å². The topological polar surface area (TPSA) is 123 Å². The van der Waals surface area contributed by atoms with Crippen molar-refractivity contribution >= 4 is 45.8 Å². The number of nitrogens with zero attached hydrogens (tertiary/aromatic N) is 2. The number of hydrazone groups is 2. The maximum Gasteiger partial charge on any atom is 0.331 e. The number of rotatable bonds is 4. The molecule has 158 valence electrons. The standard InChI is InChI=1S/C24H18N4O4/c29-21-11-9-15-5-1-3-7-17(15)19(21)13-25-27-23(31)24(32)28-26-14-20-18-8-4-2-6-16(18)10-12-22(20)30/h1-14,29-30H,(H,27,31)(H,28,32). The fourth-order valence-electron chi connectivity index (χ4n) is 3.25. The fraction of sp³-hybridized carbons (Fsp3) is 0. The van der Waals surface area contributed by atoms with Gasteiger partial charge in [-0.1, -0.05) is 60.7 Å². The second-order valence-corrected chi connectivity index (χ2v) is 6.84. The van der Waals surface area contributed by atoms with Crippen LogP contribution in [0.1, 0.15) is 11.1 Å². The number of fused-ring (bicyclic) bond motifs is 2. The first-order valence-electron chi connectivity index (χ1n) is 9.62. The molecule has 4 aromatic rings. The summed E-state index contributed by atoms with van der Waals surface area (Å²) in [7, 11) is 0. The molecule has 0 aromatic heterocycles. The van der Waals surface area contributed by atoms with Crippen LogP contribution in [0.4, 0.5) is 0 Å². The molecule has 0 aliphatic heterocycles. The van der Waals surface area contributed by atoms with Crippen molar-refractivity contribution in [1.29, 1.82) is 0 Å². The molecule has 0 unspecified atom stereocenters. The Hall–Kier alpha value is -4.72. The Morgan fingerprint density at radius 2 is 1.03 bits per heavy atom. The normalized spacial score (nSPS) is 11.4. The molecule has 0 bridgehead atoms. The zero-order valence-corrected chi connectivity index (χ0v) is 16.7. The van der Waals surface area contributed by atoms with E-state index in [9.17, 15) is 19.8 Å². The first-order chi connectivity index (χ1) is 15.5. The Morgan fingerprint density at radius 1 is 0.625 bits per heavy atom. The first kappa shape index (κ1) is 20.5. The smallest absolute Gasteiger partial charge is 0.331 e. The Balaban J connectivity index is 1.42. The second-order valence-electron chi connectivity index (χ2n) is 6.84. The van der Waals surface area contributed by atoms with E-state index in [1.165, 1.54) is 24.6 Å². The summed E-state index contributed by atoms with van der Waals surface area (Å²) in [5.41, 5.74) is 5.01. The summed E-state index contributed by atoms with van der Waals surface area (Å²) in [4.78, 5) is 24.0. The van der Waals surface area contributed by atoms with Crippen molar-refractivity contribution in [3.05, 3.63) is 83.9 Å². The molecular formula is C24H18N4O4. The van der Waals surface area contributed by atoms with E-state index in [-0.39, 0.29) is 11.5 Å². The van der Waals surface area contributed by atoms with Crippen LogP contribution in [-0.4, -0.2) is 34.5 Å². The van der Waals surface area contributed by atoms with E-state index in [4.69, 9.17) is 0 Å². The number of carbonyl (C=O) groups excluding carboxylic acids is 2. The van der Waals surface area contributed by atoms with E-state index in [1.807, 2.05) is 48.5 Å². The van der Waals surface area contributed by atoms with Gasteiger partial charge in [-0.25, -0.2) is 10.9 Å². The number of aromatic hydroxyl groups is 2. The van der Waals surface area contributed by atoms with E-state index in [2.05, 4.69) is 21.1 Å². The highest BCUT2D eigenvalue weighted by Gasteiger charge is 2.12. The third-order valence-corrected chi connectivity index (χ3v) is 4.82. The molecule has 0 saturated carbocycles. The third-order valence-electron chi connectivity index (χ3n) is 4.82. The Labute approximate surface area is 182 Å². The Morgan fingerprint density at radius 3 is 1.47 bits per heavy atom. The van der Waals surface area contributed by atoms with E-state index in [1.54, 1.807) is 12.1 Å². The molecule has 0 spiro atoms. The van der Waals surface area contributed by atoms with Crippen molar-refractivity contribution in [2.45, 2.75) is 0 Å². The van der Waals surface area contributed by atoms with Crippen molar-refractivity contribution in [2.24, 2.45) is 10.2 Å². The lowest BCUT2D eigenvalue weighted by Gasteiger charge is -2.05. The molecule has 2 amide bonds. The van der Waals surface area contributed by atoms with E-state index >= 15 is 0 Å². The summed E-state index contributed by atoms with van der Waals surface area (Å²) in [6.07, 6.45) is 2.53. The van der Waals surface area contributed by atoms with Crippen LogP contribution in [0.15, 0.2) is 83.0 Å². The number of phenolic OH excluding ortho intramolecular Hbond substituents is 2. The van der Waals surface area contributed by atoms with E-state index in [0.717, 1.165) is 21.5 Å². The predicted molar refractivity (Wildman–Crippen MR) is 123 cm³/mol. The van der Waals surface area contributed by atoms with Gasteiger partial charge in [0.25, 0.3) is 0 Å². The van der Waals surface area contributed by atoms with Crippen molar-refractivity contribution in [1.82, 2.24) is 10.9 Å². The second kappa shape index (κ2) is 8.97. The lowest BCUT2D eigenvalue weighted by atomic mass is 10.0. The van der Waals surface area contributed by atoms with Crippen LogP contribution in [0.2, 0.25) is 0 Å². The van der Waals surface area contributed by atoms with Gasteiger partial charge in [-0.05, 0) is 33.7 Å². The minimum absolute atomic E-state index is 0.00866. The van der Waals surface area contributed by atoms with Gasteiger partial charge in [-0.3, -0.25) is 9.59 Å². The SMILES string of the molecule is O=C(NN=Cc1c(O)ccc2ccccc12)C(=O)NN=Cc1c(O)ccc2ccccc12. The number of benzene rings is 4. The molecule has 8 nitrogen and oxygen atoms in total. The van der Waals surface area contributed by atoms with Gasteiger partial charge < -0.3 is 10.2 Å². The molecule has 0 radical (unpaired) electrons. The maximum atomic E-state index is 12.0. The van der Waals surface area contributed by atoms with Gasteiger partial charge in [0, 0.05) is 11.1 Å². The predicted octanol–water partition coefficient (Wildman–Crippen LogP) is 3.00. The number of nitrogens with one attached hydrogen (secondary N) is 2. The van der Waals surface area contributed by atoms with Gasteiger partial charge in [0.1, 0.15) is 11.5 Å². The van der Waals surface area contributed by atoms with Crippen LogP contribution in [0.5, 0.6) is 11.5 Å². The summed E-state index contributed by atoms with van der Waals surface area (Å²) >= 11 is 0. The summed E-state index contributed by atoms with van der Waals surface area (Å²) in [5.74, 6) is -2.10. The number of carbonyl (C=O) groups is 2. The molecule has 4 rings (SSSR count). The number of phenols is 2. The Kier molecular flexibility index (Phi) is 5.76. The van der Waals surface area contributed by atoms with Crippen molar-refractivity contribution < 1.29 is 19.8 Å². The minimum Gasteiger partial charge on any atom is -0.507 e. The lowest BCUT2D eigenvalue weighted by Crippen LogP contribution is -2.35. The summed E-state index contributed by atoms with van der Waals surface area (Å²) in [5, 5.41) is 31.0. The van der Waals surface area contributed by atoms with Gasteiger partial charge >= 0.3 is 11.8 Å². The maximum absolute atomic E-state index is 12.0. The summed E-state index contributed by atoms with van der Waals surface area (Å²) < 4.78 is 0. The number of hydrogen-bond acceptors (Lipinski definition) is 6. The van der Waals surface area contributed by atoms with Gasteiger partial charge in [-0.15, -0.1) is 0 Å². The fourth-order valence-corrected chi connectivity index (χ4v) is 3.25. The third kappa shape index (κ3) is 4.24. The average Bonchev–Trinajstić information content (AvgIpc) is 2.81. The molecule has 8 heteroatoms. The molecule has 0 aliphatic carbocycles. The van der Waals surface area contributed by atoms with E-state index in [0.29, 0.717) is 11.1 Å². The van der Waals surface area contributed by atoms with Gasteiger partial charge in [-0.2, -0.15) is 10.2 Å². The summed E-state index contributed by atoms with van der Waals surface area (Å²) in [6, 6.07) is 21.3. The number of amides is 2. The summed E-state index contributed by atoms with van der Waals surface area (Å²) in [6.45, 7) is 0. The van der Waals surface area contributed by atoms with Crippen LogP contribution < -0.4 is 10.9 Å². The first-order valence-corrected chi connectivity index (χ1v) is 9.62. The average molecular weight is 426 g/mol. The molecule has 0 fully saturated rings. The highest BCUT2D eigenvalue weighted by atomic mass is 16.3. The lowest BCUT2D eigenvalue weighted by molar-refractivity contribution is -0.139. The van der Waals surface area contributed by atoms with Crippen molar-refractivity contribution in [3.63, 3.8) is 0 Å². The minimum atomic E-state index is -1.04. The largest absolute Gasteiger partial charge is 0.507 e. The molecule has 32 heavy (non-hydrogen) atoms. The van der Waals surface area contributed by atoms with Gasteiger partial charge in [0.05, 0.1) is 12.4 Å². The zero-order valence-electron chi connectivity index (χ0n) is 16.7. The van der Waals surface area contributed by atoms with Crippen LogP contribution >= 0.6 is 0 Å². The Bertz CT molecular complexity index is 1290. The van der Waals surface area contributed by atoms with Crippen molar-refractivity contribution in [2.75, 3.05) is 0 Å². The number of hydrogen-bond donors (Lipinski definition) is 4. The molecular weight excluding hydrogens is 408 g/mol. The van der Waals surface area contributed by atoms with Crippen LogP contribution in [0.3, 0.4) is 0 Å². The molecule has 0 saturated heterocycles. The van der Waals surface area contributed by atoms with E-state index < -0.39 is 11.8 Å². The highest BCUT2D eigenvalue weighted by molar-refractivity contribution is 6.35. The quantitative estimate of drug-likeness (QED) is 0.228. The van der Waals surface area contributed by atoms with Crippen LogP contribution in [0, 0.1) is 0 Å². The van der Waals surface area contributed by atoms with Crippen LogP contribution in [0.25, 0.3) is 21.5 Å². The highest BCUT2D eigenvalue weighted by Crippen LogP contribution is 2.26. The van der Waals surface area contributed by atoms with Gasteiger partial charge in [0.15, 0.2) is 0 Å². The molecule has 0 heterocycles. The molecule has 0 atom stereocenters. The monoisotopic (exact) mass is 426 g/mol. The molecule has 0 aliphatic rings. The zero-order chi connectivity index (χ0) is 22.5.